The lowest BCUT2D eigenvalue weighted by atomic mass is 9.85. The van der Waals surface area contributed by atoms with Gasteiger partial charge in [-0.15, -0.1) is 0 Å². The van der Waals surface area contributed by atoms with Crippen LogP contribution in [0.1, 0.15) is 155 Å². The fraction of sp³-hybridized carbons (Fsp3) is 0.846. The molecule has 0 heterocycles. The quantitative estimate of drug-likeness (QED) is 0.0187. The van der Waals surface area contributed by atoms with Gasteiger partial charge in [0.2, 0.25) is 0 Å². The highest BCUT2D eigenvalue weighted by atomic mass is 31.2. The molecule has 0 aromatic heterocycles. The van der Waals surface area contributed by atoms with Crippen LogP contribution in [-0.4, -0.2) is 98.3 Å². The number of phosphoric ester groups is 1. The van der Waals surface area contributed by atoms with E-state index < -0.39 is 75.7 Å². The van der Waals surface area contributed by atoms with E-state index >= 15 is 0 Å². The Bertz CT molecular complexity index is 1040. The summed E-state index contributed by atoms with van der Waals surface area (Å²) < 4.78 is 33.3. The predicted molar refractivity (Wildman–Crippen MR) is 203 cm³/mol. The van der Waals surface area contributed by atoms with E-state index in [1.807, 2.05) is 0 Å². The van der Waals surface area contributed by atoms with Crippen LogP contribution in [-0.2, 0) is 32.7 Å². The first-order valence-corrected chi connectivity index (χ1v) is 21.6. The summed E-state index contributed by atoms with van der Waals surface area (Å²) >= 11 is 0. The van der Waals surface area contributed by atoms with Crippen LogP contribution in [0.5, 0.6) is 0 Å². The second-order valence-electron chi connectivity index (χ2n) is 14.1. The van der Waals surface area contributed by atoms with Crippen LogP contribution in [0.2, 0.25) is 0 Å². The molecule has 0 aromatic rings. The van der Waals surface area contributed by atoms with Gasteiger partial charge in [0.15, 0.2) is 6.10 Å². The molecule has 1 saturated carbocycles. The number of unbranched alkanes of at least 4 members (excludes halogenated alkanes) is 16. The summed E-state index contributed by atoms with van der Waals surface area (Å²) in [5, 5.41) is 49.9. The first kappa shape index (κ1) is 49.3. The lowest BCUT2D eigenvalue weighted by Gasteiger charge is -2.41. The van der Waals surface area contributed by atoms with Gasteiger partial charge in [0, 0.05) is 12.8 Å². The lowest BCUT2D eigenvalue weighted by Crippen LogP contribution is -2.64. The molecule has 310 valence electrons. The molecule has 0 aliphatic heterocycles. The molecule has 1 aliphatic rings. The maximum absolute atomic E-state index is 12.7. The fourth-order valence-electron chi connectivity index (χ4n) is 5.96. The van der Waals surface area contributed by atoms with Crippen LogP contribution in [0.25, 0.3) is 0 Å². The van der Waals surface area contributed by atoms with Crippen LogP contribution in [0.3, 0.4) is 0 Å². The highest BCUT2D eigenvalue weighted by Gasteiger charge is 2.51. The predicted octanol–water partition coefficient (Wildman–Crippen LogP) is 6.50. The van der Waals surface area contributed by atoms with E-state index in [0.717, 1.165) is 70.6 Å². The normalized spacial score (nSPS) is 23.7. The Morgan fingerprint density at radius 3 is 1.57 bits per heavy atom. The van der Waals surface area contributed by atoms with Gasteiger partial charge in [0.25, 0.3) is 0 Å². The Labute approximate surface area is 317 Å². The monoisotopic (exact) mass is 778 g/mol. The number of rotatable bonds is 32. The summed E-state index contributed by atoms with van der Waals surface area (Å²) in [4.78, 5) is 35.4. The van der Waals surface area contributed by atoms with Gasteiger partial charge < -0.3 is 39.9 Å². The molecule has 13 nitrogen and oxygen atoms in total. The van der Waals surface area contributed by atoms with E-state index in [-0.39, 0.29) is 12.8 Å². The smallest absolute Gasteiger partial charge is 0.462 e. The van der Waals surface area contributed by atoms with Crippen molar-refractivity contribution >= 4 is 19.8 Å². The number of aliphatic hydroxyl groups excluding tert-OH is 5. The van der Waals surface area contributed by atoms with Crippen molar-refractivity contribution in [2.45, 2.75) is 198 Å². The third-order valence-electron chi connectivity index (χ3n) is 9.30. The van der Waals surface area contributed by atoms with Crippen LogP contribution >= 0.6 is 7.82 Å². The SMILES string of the molecule is CCCCC/C=C\C/C=C\CCCCCCCC(=O)OC[C@H](COP(=O)(O)OC1C(O)C(O)C(O)[C@@H](O)C1O)OC(=O)CCCCCCCCCCC. The average Bonchev–Trinajstić information content (AvgIpc) is 3.13. The molecule has 0 bridgehead atoms. The van der Waals surface area contributed by atoms with Gasteiger partial charge in [-0.25, -0.2) is 4.57 Å². The minimum Gasteiger partial charge on any atom is -0.462 e. The van der Waals surface area contributed by atoms with Crippen molar-refractivity contribution in [3.63, 3.8) is 0 Å². The van der Waals surface area contributed by atoms with E-state index in [1.165, 1.54) is 44.9 Å². The number of ether oxygens (including phenoxy) is 2. The van der Waals surface area contributed by atoms with Crippen molar-refractivity contribution in [3.8, 4) is 0 Å². The minimum absolute atomic E-state index is 0.0953. The molecule has 0 saturated heterocycles. The van der Waals surface area contributed by atoms with Gasteiger partial charge in [-0.3, -0.25) is 18.6 Å². The maximum atomic E-state index is 12.7. The highest BCUT2D eigenvalue weighted by Crippen LogP contribution is 2.47. The number of phosphoric acid groups is 1. The standard InChI is InChI=1S/C39H71O13P/c1-3-5-7-9-11-13-14-15-16-17-18-20-21-23-25-27-32(40)49-29-31(51-33(41)28-26-24-22-19-12-10-8-6-4-2)30-50-53(47,48)52-39-37(45)35(43)34(42)36(44)38(39)46/h11,13,15-16,31,34-39,42-46H,3-10,12,14,17-30H2,1-2H3,(H,47,48)/b13-11-,16-15-/t31-,34?,35-,36?,37?,38?,39?/m1/s1. The zero-order valence-corrected chi connectivity index (χ0v) is 33.2. The summed E-state index contributed by atoms with van der Waals surface area (Å²) in [6, 6.07) is 0. The van der Waals surface area contributed by atoms with Crippen molar-refractivity contribution in [3.05, 3.63) is 24.3 Å². The zero-order chi connectivity index (χ0) is 39.3. The molecule has 0 aromatic carbocycles. The molecular weight excluding hydrogens is 707 g/mol. The molecule has 6 unspecified atom stereocenters. The molecule has 1 rings (SSSR count). The maximum Gasteiger partial charge on any atom is 0.472 e. The van der Waals surface area contributed by atoms with Crippen molar-refractivity contribution in [2.24, 2.45) is 0 Å². The third-order valence-corrected chi connectivity index (χ3v) is 10.3. The molecule has 8 atom stereocenters. The average molecular weight is 779 g/mol. The number of hydrogen-bond acceptors (Lipinski definition) is 12. The third kappa shape index (κ3) is 23.8. The molecule has 1 aliphatic carbocycles. The highest BCUT2D eigenvalue weighted by molar-refractivity contribution is 7.47. The number of aliphatic hydroxyl groups is 5. The molecule has 0 radical (unpaired) electrons. The first-order chi connectivity index (χ1) is 25.4. The molecule has 0 spiro atoms. The lowest BCUT2D eigenvalue weighted by molar-refractivity contribution is -0.220. The van der Waals surface area contributed by atoms with Gasteiger partial charge in [-0.1, -0.05) is 122 Å². The summed E-state index contributed by atoms with van der Waals surface area (Å²) in [6.07, 6.45) is 16.9. The Balaban J connectivity index is 2.51. The largest absolute Gasteiger partial charge is 0.472 e. The number of allylic oxidation sites excluding steroid dienone is 4. The van der Waals surface area contributed by atoms with Crippen LogP contribution in [0, 0.1) is 0 Å². The Kier molecular flexibility index (Phi) is 28.4. The first-order valence-electron chi connectivity index (χ1n) is 20.1. The molecule has 6 N–H and O–H groups in total. The molecule has 53 heavy (non-hydrogen) atoms. The van der Waals surface area contributed by atoms with Gasteiger partial charge in [-0.2, -0.15) is 0 Å². The number of hydrogen-bond donors (Lipinski definition) is 6. The van der Waals surface area contributed by atoms with Gasteiger partial charge in [-0.05, 0) is 44.9 Å². The van der Waals surface area contributed by atoms with Gasteiger partial charge in [0.1, 0.15) is 43.2 Å². The van der Waals surface area contributed by atoms with E-state index in [4.69, 9.17) is 18.5 Å². The minimum atomic E-state index is -5.11. The van der Waals surface area contributed by atoms with Gasteiger partial charge in [0.05, 0.1) is 6.61 Å². The van der Waals surface area contributed by atoms with E-state index in [1.54, 1.807) is 0 Å². The summed E-state index contributed by atoms with van der Waals surface area (Å²) in [5.41, 5.74) is 0. The zero-order valence-electron chi connectivity index (χ0n) is 32.3. The van der Waals surface area contributed by atoms with Crippen molar-refractivity contribution < 1.29 is 63.1 Å². The molecule has 0 amide bonds. The Hall–Kier alpha value is -1.67. The van der Waals surface area contributed by atoms with Crippen molar-refractivity contribution in [1.29, 1.82) is 0 Å². The second kappa shape index (κ2) is 30.5. The topological polar surface area (TPSA) is 210 Å². The summed E-state index contributed by atoms with van der Waals surface area (Å²) in [5.74, 6) is -1.12. The van der Waals surface area contributed by atoms with E-state index in [9.17, 15) is 44.6 Å². The number of carbonyl (C=O) groups is 2. The Morgan fingerprint density at radius 1 is 0.585 bits per heavy atom. The van der Waals surface area contributed by atoms with Crippen LogP contribution in [0.4, 0.5) is 0 Å². The molecular formula is C39H71O13P. The van der Waals surface area contributed by atoms with Crippen molar-refractivity contribution in [2.75, 3.05) is 13.2 Å². The number of esters is 2. The second-order valence-corrected chi connectivity index (χ2v) is 15.5. The van der Waals surface area contributed by atoms with E-state index in [0.29, 0.717) is 12.8 Å². The van der Waals surface area contributed by atoms with Crippen molar-refractivity contribution in [1.82, 2.24) is 0 Å². The number of carbonyl (C=O) groups excluding carboxylic acids is 2. The fourth-order valence-corrected chi connectivity index (χ4v) is 6.94. The van der Waals surface area contributed by atoms with E-state index in [2.05, 4.69) is 38.2 Å². The summed E-state index contributed by atoms with van der Waals surface area (Å²) in [7, 11) is -5.11. The molecule has 1 fully saturated rings. The van der Waals surface area contributed by atoms with Gasteiger partial charge >= 0.3 is 19.8 Å². The Morgan fingerprint density at radius 2 is 1.02 bits per heavy atom. The molecule has 14 heteroatoms. The van der Waals surface area contributed by atoms with Crippen LogP contribution < -0.4 is 0 Å². The van der Waals surface area contributed by atoms with Crippen LogP contribution in [0.15, 0.2) is 24.3 Å². The summed E-state index contributed by atoms with van der Waals surface area (Å²) in [6.45, 7) is 3.20.